The van der Waals surface area contributed by atoms with Gasteiger partial charge in [0.15, 0.2) is 5.92 Å². The van der Waals surface area contributed by atoms with Crippen LogP contribution >= 0.6 is 7.60 Å². The summed E-state index contributed by atoms with van der Waals surface area (Å²) in [7, 11) is -4.32. The van der Waals surface area contributed by atoms with Crippen molar-refractivity contribution in [3.05, 3.63) is 29.6 Å². The van der Waals surface area contributed by atoms with E-state index in [1.165, 1.54) is 19.9 Å². The van der Waals surface area contributed by atoms with Gasteiger partial charge in [0, 0.05) is 11.3 Å². The van der Waals surface area contributed by atoms with E-state index in [2.05, 4.69) is 5.32 Å². The van der Waals surface area contributed by atoms with E-state index in [0.717, 1.165) is 12.1 Å². The van der Waals surface area contributed by atoms with Gasteiger partial charge in [0.1, 0.15) is 5.82 Å². The van der Waals surface area contributed by atoms with Crippen LogP contribution in [0.25, 0.3) is 0 Å². The summed E-state index contributed by atoms with van der Waals surface area (Å²) in [5.74, 6) is -3.28. The molecule has 1 aromatic carbocycles. The van der Waals surface area contributed by atoms with Crippen molar-refractivity contribution < 1.29 is 22.8 Å². The van der Waals surface area contributed by atoms with E-state index >= 15 is 0 Å². The molecule has 1 aliphatic heterocycles. The van der Waals surface area contributed by atoms with Gasteiger partial charge in [0.2, 0.25) is 11.1 Å². The fourth-order valence-electron chi connectivity index (χ4n) is 2.79. The second-order valence-electron chi connectivity index (χ2n) is 4.93. The van der Waals surface area contributed by atoms with Crippen LogP contribution in [-0.4, -0.2) is 19.1 Å². The first-order chi connectivity index (χ1) is 11.4. The predicted molar refractivity (Wildman–Crippen MR) is 82.3 cm³/mol. The van der Waals surface area contributed by atoms with Crippen molar-refractivity contribution in [2.24, 2.45) is 5.92 Å². The molecule has 24 heavy (non-hydrogen) atoms. The Morgan fingerprint density at radius 1 is 1.29 bits per heavy atom. The molecule has 126 valence electrons. The molecule has 9 heteroatoms. The molecule has 1 aliphatic rings. The summed E-state index contributed by atoms with van der Waals surface area (Å²) in [6.07, 6.45) is 0. The molecule has 0 spiro atoms. The van der Waals surface area contributed by atoms with Gasteiger partial charge in [-0.25, -0.2) is 4.39 Å². The van der Waals surface area contributed by atoms with Gasteiger partial charge < -0.3 is 14.4 Å². The maximum Gasteiger partial charge on any atom is 0.353 e. The number of carbonyl (C=O) groups excluding carboxylic acids is 1. The average molecular weight is 351 g/mol. The fraction of sp³-hybridized carbons (Fsp3) is 0.400. The summed E-state index contributed by atoms with van der Waals surface area (Å²) < 4.78 is 37.8. The summed E-state index contributed by atoms with van der Waals surface area (Å²) >= 11 is 0. The van der Waals surface area contributed by atoms with E-state index in [0.29, 0.717) is 0 Å². The van der Waals surface area contributed by atoms with Crippen LogP contribution in [0.15, 0.2) is 18.2 Å². The van der Waals surface area contributed by atoms with E-state index in [4.69, 9.17) is 9.05 Å². The van der Waals surface area contributed by atoms with Gasteiger partial charge in [-0.3, -0.25) is 9.36 Å². The number of hydrogen-bond donors (Lipinski definition) is 1. The first kappa shape index (κ1) is 18.1. The van der Waals surface area contributed by atoms with Crippen molar-refractivity contribution in [1.82, 2.24) is 0 Å². The largest absolute Gasteiger partial charge is 0.353 e. The van der Waals surface area contributed by atoms with Gasteiger partial charge in [0.25, 0.3) is 0 Å². The van der Waals surface area contributed by atoms with Crippen molar-refractivity contribution in [2.75, 3.05) is 18.5 Å². The number of carbonyl (C=O) groups is 1. The van der Waals surface area contributed by atoms with Gasteiger partial charge in [0.05, 0.1) is 25.4 Å². The second-order valence-corrected chi connectivity index (χ2v) is 7.15. The molecule has 1 heterocycles. The molecule has 1 amide bonds. The van der Waals surface area contributed by atoms with Crippen molar-refractivity contribution >= 4 is 19.2 Å². The lowest BCUT2D eigenvalue weighted by Crippen LogP contribution is -2.42. The number of fused-ring (bicyclic) bond motifs is 1. The highest BCUT2D eigenvalue weighted by Gasteiger charge is 2.67. The van der Waals surface area contributed by atoms with Crippen LogP contribution in [-0.2, 0) is 23.6 Å². The molecule has 0 saturated heterocycles. The summed E-state index contributed by atoms with van der Waals surface area (Å²) in [6, 6.07) is 6.70. The lowest BCUT2D eigenvalue weighted by atomic mass is 9.87. The number of nitrogens with zero attached hydrogens (tertiary/aromatic N) is 2. The Balaban J connectivity index is 2.88. The van der Waals surface area contributed by atoms with Crippen molar-refractivity contribution in [3.8, 4) is 12.1 Å². The molecule has 0 radical (unpaired) electrons. The van der Waals surface area contributed by atoms with Crippen LogP contribution in [0.2, 0.25) is 0 Å². The highest BCUT2D eigenvalue weighted by atomic mass is 31.2. The molecular weight excluding hydrogens is 336 g/mol. The standard InChI is InChI=1S/C15H15FN3O4P/c1-3-22-24(21,23-4-2)15(10(8-17)9-18)12-7-11(16)5-6-13(12)19-14(15)20/h5-7,10H,3-4H2,1-2H3,(H,19,20). The molecule has 0 fully saturated rings. The molecule has 1 aromatic rings. The Hall–Kier alpha value is -2.25. The monoisotopic (exact) mass is 351 g/mol. The topological polar surface area (TPSA) is 112 Å². The molecule has 0 aromatic heterocycles. The number of anilines is 1. The van der Waals surface area contributed by atoms with E-state index in [-0.39, 0.29) is 24.5 Å². The SMILES string of the molecule is CCOP(=O)(OCC)C1(C(C#N)C#N)C(=O)Nc2ccc(F)cc21. The zero-order chi connectivity index (χ0) is 18.0. The van der Waals surface area contributed by atoms with Crippen molar-refractivity contribution in [2.45, 2.75) is 19.0 Å². The Labute approximate surface area is 138 Å². The first-order valence-corrected chi connectivity index (χ1v) is 8.75. The third-order valence-corrected chi connectivity index (χ3v) is 6.46. The maximum atomic E-state index is 13.8. The summed E-state index contributed by atoms with van der Waals surface area (Å²) in [6.45, 7) is 2.90. The first-order valence-electron chi connectivity index (χ1n) is 7.21. The molecular formula is C15H15FN3O4P. The predicted octanol–water partition coefficient (Wildman–Crippen LogP) is 2.90. The second kappa shape index (κ2) is 6.70. The normalized spacial score (nSPS) is 19.5. The van der Waals surface area contributed by atoms with Crippen LogP contribution in [0.1, 0.15) is 19.4 Å². The van der Waals surface area contributed by atoms with Crippen LogP contribution in [0.3, 0.4) is 0 Å². The zero-order valence-corrected chi connectivity index (χ0v) is 14.0. The molecule has 0 bridgehead atoms. The molecule has 0 saturated carbocycles. The number of nitriles is 2. The number of nitrogens with one attached hydrogen (secondary N) is 1. The average Bonchev–Trinajstić information content (AvgIpc) is 2.82. The summed E-state index contributed by atoms with van der Waals surface area (Å²) in [5.41, 5.74) is 0.0855. The van der Waals surface area contributed by atoms with E-state index in [9.17, 15) is 24.3 Å². The Morgan fingerprint density at radius 3 is 2.38 bits per heavy atom. The highest BCUT2D eigenvalue weighted by molar-refractivity contribution is 7.56. The third-order valence-electron chi connectivity index (χ3n) is 3.69. The van der Waals surface area contributed by atoms with Gasteiger partial charge in [-0.1, -0.05) is 0 Å². The van der Waals surface area contributed by atoms with Gasteiger partial charge >= 0.3 is 7.60 Å². The van der Waals surface area contributed by atoms with E-state index in [1.54, 1.807) is 12.1 Å². The Morgan fingerprint density at radius 2 is 1.88 bits per heavy atom. The summed E-state index contributed by atoms with van der Waals surface area (Å²) in [4.78, 5) is 12.8. The number of hydrogen-bond acceptors (Lipinski definition) is 6. The lowest BCUT2D eigenvalue weighted by molar-refractivity contribution is -0.119. The molecule has 7 nitrogen and oxygen atoms in total. The zero-order valence-electron chi connectivity index (χ0n) is 13.1. The minimum atomic E-state index is -4.32. The van der Waals surface area contributed by atoms with Crippen LogP contribution in [0, 0.1) is 34.4 Å². The van der Waals surface area contributed by atoms with E-state index in [1.807, 2.05) is 0 Å². The number of benzene rings is 1. The van der Waals surface area contributed by atoms with E-state index < -0.39 is 30.4 Å². The molecule has 0 aliphatic carbocycles. The van der Waals surface area contributed by atoms with Crippen molar-refractivity contribution in [3.63, 3.8) is 0 Å². The van der Waals surface area contributed by atoms with Gasteiger partial charge in [-0.2, -0.15) is 10.5 Å². The molecule has 1 N–H and O–H groups in total. The van der Waals surface area contributed by atoms with Crippen LogP contribution in [0.4, 0.5) is 10.1 Å². The molecule has 1 unspecified atom stereocenters. The lowest BCUT2D eigenvalue weighted by Gasteiger charge is -2.34. The highest BCUT2D eigenvalue weighted by Crippen LogP contribution is 2.70. The Bertz CT molecular complexity index is 777. The molecule has 1 atom stereocenters. The number of amides is 1. The summed E-state index contributed by atoms with van der Waals surface area (Å²) in [5, 5.41) is 19.0. The van der Waals surface area contributed by atoms with Crippen molar-refractivity contribution in [1.29, 1.82) is 10.5 Å². The third kappa shape index (κ3) is 2.40. The van der Waals surface area contributed by atoms with Crippen LogP contribution in [0.5, 0.6) is 0 Å². The minimum Gasteiger partial charge on any atom is -0.324 e. The smallest absolute Gasteiger partial charge is 0.324 e. The number of rotatable bonds is 6. The molecule has 2 rings (SSSR count). The van der Waals surface area contributed by atoms with Gasteiger partial charge in [-0.15, -0.1) is 0 Å². The Kier molecular flexibility index (Phi) is 5.05. The fourth-order valence-corrected chi connectivity index (χ4v) is 5.17. The van der Waals surface area contributed by atoms with Crippen LogP contribution < -0.4 is 5.32 Å². The van der Waals surface area contributed by atoms with Gasteiger partial charge in [-0.05, 0) is 32.0 Å². The minimum absolute atomic E-state index is 0.0779. The number of halogens is 1. The quantitative estimate of drug-likeness (QED) is 0.789. The maximum absolute atomic E-state index is 13.8.